The molecule has 2 aliphatic rings. The van der Waals surface area contributed by atoms with Gasteiger partial charge in [0.05, 0.1) is 7.11 Å². The lowest BCUT2D eigenvalue weighted by Crippen LogP contribution is -2.36. The van der Waals surface area contributed by atoms with Crippen molar-refractivity contribution in [3.8, 4) is 0 Å². The van der Waals surface area contributed by atoms with E-state index in [4.69, 9.17) is 10.5 Å². The van der Waals surface area contributed by atoms with Crippen LogP contribution in [0, 0.1) is 11.8 Å². The summed E-state index contributed by atoms with van der Waals surface area (Å²) in [6, 6.07) is -0.111. The maximum absolute atomic E-state index is 12.1. The first kappa shape index (κ1) is 15.7. The van der Waals surface area contributed by atoms with Gasteiger partial charge in [0.25, 0.3) is 0 Å². The molecule has 0 aromatic carbocycles. The van der Waals surface area contributed by atoms with Gasteiger partial charge in [-0.3, -0.25) is 9.69 Å². The van der Waals surface area contributed by atoms with Crippen LogP contribution in [0.1, 0.15) is 43.4 Å². The van der Waals surface area contributed by atoms with Gasteiger partial charge in [-0.25, -0.2) is 4.98 Å². The smallest absolute Gasteiger partial charge is 0.323 e. The first-order valence-corrected chi connectivity index (χ1v) is 9.01. The highest BCUT2D eigenvalue weighted by Gasteiger charge is 2.40. The highest BCUT2D eigenvalue weighted by Crippen LogP contribution is 2.38. The second-order valence-electron chi connectivity index (χ2n) is 6.53. The van der Waals surface area contributed by atoms with E-state index in [-0.39, 0.29) is 12.0 Å². The van der Waals surface area contributed by atoms with Crippen molar-refractivity contribution in [3.63, 3.8) is 0 Å². The van der Waals surface area contributed by atoms with Gasteiger partial charge < -0.3 is 10.5 Å². The largest absolute Gasteiger partial charge is 0.468 e. The molecule has 2 atom stereocenters. The van der Waals surface area contributed by atoms with E-state index in [0.717, 1.165) is 30.3 Å². The van der Waals surface area contributed by atoms with Gasteiger partial charge in [0.1, 0.15) is 6.04 Å². The number of hydrogen-bond acceptors (Lipinski definition) is 6. The molecule has 1 aliphatic heterocycles. The van der Waals surface area contributed by atoms with Gasteiger partial charge in [-0.05, 0) is 18.3 Å². The number of nitrogens with zero attached hydrogens (tertiary/aromatic N) is 2. The Kier molecular flexibility index (Phi) is 4.98. The monoisotopic (exact) mass is 323 g/mol. The molecule has 2 unspecified atom stereocenters. The summed E-state index contributed by atoms with van der Waals surface area (Å²) in [6.45, 7) is 1.74. The third kappa shape index (κ3) is 3.43. The molecule has 1 aromatic heterocycles. The quantitative estimate of drug-likeness (QED) is 0.863. The lowest BCUT2D eigenvalue weighted by atomic mass is 9.79. The fourth-order valence-corrected chi connectivity index (χ4v) is 4.75. The van der Waals surface area contributed by atoms with Crippen molar-refractivity contribution >= 4 is 22.4 Å². The second kappa shape index (κ2) is 6.96. The number of methoxy groups -OCH3 is 1. The van der Waals surface area contributed by atoms with Crippen LogP contribution in [0.4, 0.5) is 5.13 Å². The zero-order valence-corrected chi connectivity index (χ0v) is 14.0. The lowest BCUT2D eigenvalue weighted by molar-refractivity contribution is -0.146. The number of carbonyl (C=O) groups excluding carboxylic acids is 1. The number of carbonyl (C=O) groups is 1. The first-order valence-electron chi connectivity index (χ1n) is 8.19. The Balaban J connectivity index is 1.69. The maximum atomic E-state index is 12.1. The highest BCUT2D eigenvalue weighted by molar-refractivity contribution is 7.15. The van der Waals surface area contributed by atoms with Crippen molar-refractivity contribution in [2.45, 2.75) is 51.1 Å². The fraction of sp³-hybridized carbons (Fsp3) is 0.750. The summed E-state index contributed by atoms with van der Waals surface area (Å²) in [5.41, 5.74) is 5.71. The molecule has 22 heavy (non-hydrogen) atoms. The van der Waals surface area contributed by atoms with E-state index in [1.165, 1.54) is 50.6 Å². The van der Waals surface area contributed by atoms with Crippen LogP contribution in [-0.2, 0) is 16.1 Å². The number of likely N-dealkylation sites (tertiary alicyclic amines) is 1. The number of esters is 1. The molecule has 0 amide bonds. The molecule has 2 fully saturated rings. The van der Waals surface area contributed by atoms with Crippen molar-refractivity contribution in [1.82, 2.24) is 9.88 Å². The van der Waals surface area contributed by atoms with Gasteiger partial charge in [-0.1, -0.05) is 32.1 Å². The molecule has 0 bridgehead atoms. The SMILES string of the molecule is COC(=O)C1CC(C2CCCCC2)CN1Cc1cnc(N)s1. The van der Waals surface area contributed by atoms with Gasteiger partial charge in [0.2, 0.25) is 0 Å². The molecule has 2 N–H and O–H groups in total. The number of nitrogen functional groups attached to an aromatic ring is 1. The lowest BCUT2D eigenvalue weighted by Gasteiger charge is -2.27. The average molecular weight is 323 g/mol. The average Bonchev–Trinajstić information content (AvgIpc) is 3.14. The van der Waals surface area contributed by atoms with E-state index in [2.05, 4.69) is 9.88 Å². The molecular formula is C16H25N3O2S. The third-order valence-electron chi connectivity index (χ3n) is 5.16. The molecule has 1 aliphatic carbocycles. The normalized spacial score (nSPS) is 27.1. The Morgan fingerprint density at radius 1 is 1.41 bits per heavy atom. The highest BCUT2D eigenvalue weighted by atomic mass is 32.1. The molecular weight excluding hydrogens is 298 g/mol. The van der Waals surface area contributed by atoms with Crippen molar-refractivity contribution in [2.24, 2.45) is 11.8 Å². The molecule has 1 saturated heterocycles. The van der Waals surface area contributed by atoms with Gasteiger partial charge in [-0.2, -0.15) is 0 Å². The van der Waals surface area contributed by atoms with Crippen LogP contribution in [-0.4, -0.2) is 35.5 Å². The first-order chi connectivity index (χ1) is 10.7. The summed E-state index contributed by atoms with van der Waals surface area (Å²) in [7, 11) is 1.49. The summed E-state index contributed by atoms with van der Waals surface area (Å²) in [5, 5.41) is 0.590. The molecule has 122 valence electrons. The molecule has 5 nitrogen and oxygen atoms in total. The maximum Gasteiger partial charge on any atom is 0.323 e. The van der Waals surface area contributed by atoms with Crippen LogP contribution in [0.2, 0.25) is 0 Å². The van der Waals surface area contributed by atoms with Gasteiger partial charge in [0, 0.05) is 24.2 Å². The number of ether oxygens (including phenoxy) is 1. The van der Waals surface area contributed by atoms with Crippen LogP contribution in [0.15, 0.2) is 6.20 Å². The number of anilines is 1. The van der Waals surface area contributed by atoms with E-state index < -0.39 is 0 Å². The molecule has 0 spiro atoms. The van der Waals surface area contributed by atoms with Crippen LogP contribution in [0.5, 0.6) is 0 Å². The van der Waals surface area contributed by atoms with Crippen molar-refractivity contribution < 1.29 is 9.53 Å². The van der Waals surface area contributed by atoms with E-state index in [1.807, 2.05) is 6.20 Å². The van der Waals surface area contributed by atoms with Crippen molar-refractivity contribution in [1.29, 1.82) is 0 Å². The Morgan fingerprint density at radius 2 is 2.18 bits per heavy atom. The number of hydrogen-bond donors (Lipinski definition) is 1. The topological polar surface area (TPSA) is 68.5 Å². The zero-order chi connectivity index (χ0) is 15.5. The Labute approximate surface area is 135 Å². The van der Waals surface area contributed by atoms with E-state index >= 15 is 0 Å². The Hall–Kier alpha value is -1.14. The number of nitrogens with two attached hydrogens (primary N) is 1. The van der Waals surface area contributed by atoms with Crippen LogP contribution in [0.25, 0.3) is 0 Å². The van der Waals surface area contributed by atoms with Gasteiger partial charge in [0.15, 0.2) is 5.13 Å². The van der Waals surface area contributed by atoms with Crippen LogP contribution in [0.3, 0.4) is 0 Å². The zero-order valence-electron chi connectivity index (χ0n) is 13.2. The van der Waals surface area contributed by atoms with Gasteiger partial charge in [-0.15, -0.1) is 11.3 Å². The second-order valence-corrected chi connectivity index (χ2v) is 7.67. The molecule has 6 heteroatoms. The molecule has 1 saturated carbocycles. The fourth-order valence-electron chi connectivity index (χ4n) is 4.04. The number of aromatic nitrogens is 1. The molecule has 0 radical (unpaired) electrons. The summed E-state index contributed by atoms with van der Waals surface area (Å²) in [6.07, 6.45) is 9.45. The molecule has 3 rings (SSSR count). The number of rotatable bonds is 4. The third-order valence-corrected chi connectivity index (χ3v) is 5.97. The van der Waals surface area contributed by atoms with Crippen molar-refractivity contribution in [2.75, 3.05) is 19.4 Å². The predicted molar refractivity (Wildman–Crippen MR) is 87.4 cm³/mol. The Bertz CT molecular complexity index is 513. The minimum Gasteiger partial charge on any atom is -0.468 e. The van der Waals surface area contributed by atoms with Gasteiger partial charge >= 0.3 is 5.97 Å². The van der Waals surface area contributed by atoms with E-state index in [9.17, 15) is 4.79 Å². The standard InChI is InChI=1S/C16H25N3O2S/c1-21-15(20)14-7-12(11-5-3-2-4-6-11)9-19(14)10-13-8-18-16(17)22-13/h8,11-12,14H,2-7,9-10H2,1H3,(H2,17,18). The predicted octanol–water partition coefficient (Wildman–Crippen LogP) is 2.67. The summed E-state index contributed by atoms with van der Waals surface area (Å²) >= 11 is 1.51. The summed E-state index contributed by atoms with van der Waals surface area (Å²) in [4.78, 5) is 19.6. The van der Waals surface area contributed by atoms with E-state index in [0.29, 0.717) is 11.0 Å². The minimum absolute atomic E-state index is 0.101. The summed E-state index contributed by atoms with van der Waals surface area (Å²) in [5.74, 6) is 1.29. The molecule has 1 aromatic rings. The van der Waals surface area contributed by atoms with E-state index in [1.54, 1.807) is 0 Å². The summed E-state index contributed by atoms with van der Waals surface area (Å²) < 4.78 is 5.03. The van der Waals surface area contributed by atoms with Crippen LogP contribution >= 0.6 is 11.3 Å². The Morgan fingerprint density at radius 3 is 2.82 bits per heavy atom. The number of thiazole rings is 1. The minimum atomic E-state index is -0.111. The van der Waals surface area contributed by atoms with Crippen molar-refractivity contribution in [3.05, 3.63) is 11.1 Å². The molecule has 2 heterocycles. The van der Waals surface area contributed by atoms with Crippen LogP contribution < -0.4 is 5.73 Å².